The van der Waals surface area contributed by atoms with Crippen molar-refractivity contribution in [2.24, 2.45) is 5.41 Å². The molecule has 3 heteroatoms. The van der Waals surface area contributed by atoms with Gasteiger partial charge in [0.2, 0.25) is 0 Å². The zero-order valence-corrected chi connectivity index (χ0v) is 14.1. The molecule has 1 aromatic carbocycles. The first-order valence-corrected chi connectivity index (χ1v) is 8.13. The molecule has 0 saturated heterocycles. The van der Waals surface area contributed by atoms with Gasteiger partial charge in [-0.1, -0.05) is 45.4 Å². The number of nitrogens with zero attached hydrogens (tertiary/aromatic N) is 1. The van der Waals surface area contributed by atoms with E-state index in [2.05, 4.69) is 38.0 Å². The second-order valence-electron chi connectivity index (χ2n) is 6.50. The van der Waals surface area contributed by atoms with Crippen LogP contribution >= 0.6 is 0 Å². The van der Waals surface area contributed by atoms with Crippen molar-refractivity contribution in [3.63, 3.8) is 0 Å². The van der Waals surface area contributed by atoms with Crippen molar-refractivity contribution in [3.05, 3.63) is 35.6 Å². The van der Waals surface area contributed by atoms with E-state index in [4.69, 9.17) is 0 Å². The summed E-state index contributed by atoms with van der Waals surface area (Å²) in [7, 11) is 2.08. The summed E-state index contributed by atoms with van der Waals surface area (Å²) >= 11 is 0. The van der Waals surface area contributed by atoms with Crippen molar-refractivity contribution in [2.45, 2.75) is 46.6 Å². The van der Waals surface area contributed by atoms with Crippen LogP contribution in [0.15, 0.2) is 24.3 Å². The summed E-state index contributed by atoms with van der Waals surface area (Å²) < 4.78 is 13.7. The molecule has 0 saturated carbocycles. The molecule has 2 nitrogen and oxygen atoms in total. The lowest BCUT2D eigenvalue weighted by molar-refractivity contribution is 0.167. The van der Waals surface area contributed by atoms with Gasteiger partial charge in [0.25, 0.3) is 0 Å². The maximum atomic E-state index is 13.7. The average Bonchev–Trinajstić information content (AvgIpc) is 2.41. The van der Waals surface area contributed by atoms with E-state index in [1.54, 1.807) is 6.07 Å². The van der Waals surface area contributed by atoms with E-state index in [0.717, 1.165) is 31.6 Å². The lowest BCUT2D eigenvalue weighted by atomic mass is 9.84. The summed E-state index contributed by atoms with van der Waals surface area (Å²) in [5.74, 6) is -0.106. The summed E-state index contributed by atoms with van der Waals surface area (Å²) in [6.45, 7) is 10.5. The number of halogens is 1. The van der Waals surface area contributed by atoms with Crippen molar-refractivity contribution in [2.75, 3.05) is 26.7 Å². The third-order valence-electron chi connectivity index (χ3n) is 3.88. The minimum absolute atomic E-state index is 0.106. The standard InChI is InChI=1S/C18H31FN2/c1-5-11-18(3,14-20-12-6-2)15-21(4)13-16-9-7-8-10-17(16)19/h7-10,20H,5-6,11-15H2,1-4H3. The molecule has 0 bridgehead atoms. The molecule has 0 aliphatic carbocycles. The van der Waals surface area contributed by atoms with Crippen molar-refractivity contribution in [3.8, 4) is 0 Å². The molecule has 0 aromatic heterocycles. The Labute approximate surface area is 129 Å². The first-order valence-electron chi connectivity index (χ1n) is 8.13. The quantitative estimate of drug-likeness (QED) is 0.655. The maximum Gasteiger partial charge on any atom is 0.127 e. The molecular weight excluding hydrogens is 263 g/mol. The second kappa shape index (κ2) is 9.16. The van der Waals surface area contributed by atoms with E-state index in [0.29, 0.717) is 6.54 Å². The Balaban J connectivity index is 2.59. The molecule has 0 heterocycles. The molecule has 0 aliphatic heterocycles. The Morgan fingerprint density at radius 2 is 1.90 bits per heavy atom. The predicted octanol–water partition coefficient (Wildman–Crippen LogP) is 4.06. The highest BCUT2D eigenvalue weighted by atomic mass is 19.1. The van der Waals surface area contributed by atoms with E-state index >= 15 is 0 Å². The van der Waals surface area contributed by atoms with Gasteiger partial charge < -0.3 is 10.2 Å². The lowest BCUT2D eigenvalue weighted by Gasteiger charge is -2.34. The fourth-order valence-electron chi connectivity index (χ4n) is 3.02. The number of nitrogens with one attached hydrogen (secondary N) is 1. The average molecular weight is 294 g/mol. The number of hydrogen-bond acceptors (Lipinski definition) is 2. The maximum absolute atomic E-state index is 13.7. The van der Waals surface area contributed by atoms with Crippen LogP contribution in [0.1, 0.15) is 45.6 Å². The van der Waals surface area contributed by atoms with Crippen molar-refractivity contribution in [1.29, 1.82) is 0 Å². The Morgan fingerprint density at radius 3 is 2.52 bits per heavy atom. The summed E-state index contributed by atoms with van der Waals surface area (Å²) in [6.07, 6.45) is 3.52. The van der Waals surface area contributed by atoms with Gasteiger partial charge in [-0.2, -0.15) is 0 Å². The monoisotopic (exact) mass is 294 g/mol. The Bertz CT molecular complexity index is 408. The smallest absolute Gasteiger partial charge is 0.127 e. The molecule has 1 aromatic rings. The molecule has 0 aliphatic rings. The summed E-state index contributed by atoms with van der Waals surface area (Å²) in [4.78, 5) is 2.24. The van der Waals surface area contributed by atoms with Crippen LogP contribution in [0.2, 0.25) is 0 Å². The van der Waals surface area contributed by atoms with Gasteiger partial charge in [-0.05, 0) is 37.9 Å². The van der Waals surface area contributed by atoms with Crippen LogP contribution in [0.5, 0.6) is 0 Å². The highest BCUT2D eigenvalue weighted by molar-refractivity contribution is 5.17. The lowest BCUT2D eigenvalue weighted by Crippen LogP contribution is -2.41. The van der Waals surface area contributed by atoms with Crippen LogP contribution in [0.4, 0.5) is 4.39 Å². The van der Waals surface area contributed by atoms with Gasteiger partial charge in [0.15, 0.2) is 0 Å². The van der Waals surface area contributed by atoms with Gasteiger partial charge in [-0.25, -0.2) is 4.39 Å². The minimum Gasteiger partial charge on any atom is -0.316 e. The van der Waals surface area contributed by atoms with Crippen molar-refractivity contribution < 1.29 is 4.39 Å². The van der Waals surface area contributed by atoms with Crippen LogP contribution < -0.4 is 5.32 Å². The molecular formula is C18H31FN2. The SMILES string of the molecule is CCCNCC(C)(CCC)CN(C)Cc1ccccc1F. The van der Waals surface area contributed by atoms with Gasteiger partial charge >= 0.3 is 0 Å². The highest BCUT2D eigenvalue weighted by Crippen LogP contribution is 2.24. The van der Waals surface area contributed by atoms with E-state index in [1.165, 1.54) is 18.9 Å². The van der Waals surface area contributed by atoms with Crippen LogP contribution in [0, 0.1) is 11.2 Å². The number of benzene rings is 1. The number of rotatable bonds is 10. The van der Waals surface area contributed by atoms with Crippen molar-refractivity contribution >= 4 is 0 Å². The summed E-state index contributed by atoms with van der Waals surface area (Å²) in [5.41, 5.74) is 1.02. The molecule has 0 amide bonds. The molecule has 1 unspecified atom stereocenters. The van der Waals surface area contributed by atoms with Gasteiger partial charge in [0, 0.05) is 25.2 Å². The third kappa shape index (κ3) is 6.58. The van der Waals surface area contributed by atoms with Crippen LogP contribution in [0.25, 0.3) is 0 Å². The summed E-state index contributed by atoms with van der Waals surface area (Å²) in [6, 6.07) is 7.06. The van der Waals surface area contributed by atoms with E-state index in [-0.39, 0.29) is 11.2 Å². The molecule has 0 fully saturated rings. The molecule has 0 radical (unpaired) electrons. The first kappa shape index (κ1) is 18.1. The molecule has 0 spiro atoms. The molecule has 1 rings (SSSR count). The van der Waals surface area contributed by atoms with Crippen LogP contribution in [0.3, 0.4) is 0 Å². The zero-order valence-electron chi connectivity index (χ0n) is 14.1. The van der Waals surface area contributed by atoms with Gasteiger partial charge in [0.05, 0.1) is 0 Å². The van der Waals surface area contributed by atoms with Gasteiger partial charge in [-0.15, -0.1) is 0 Å². The topological polar surface area (TPSA) is 15.3 Å². The highest BCUT2D eigenvalue weighted by Gasteiger charge is 2.25. The van der Waals surface area contributed by atoms with Crippen LogP contribution in [-0.2, 0) is 6.54 Å². The second-order valence-corrected chi connectivity index (χ2v) is 6.50. The molecule has 1 atom stereocenters. The predicted molar refractivity (Wildman–Crippen MR) is 88.9 cm³/mol. The summed E-state index contributed by atoms with van der Waals surface area (Å²) in [5, 5.41) is 3.54. The van der Waals surface area contributed by atoms with Crippen molar-refractivity contribution in [1.82, 2.24) is 10.2 Å². The molecule has 21 heavy (non-hydrogen) atoms. The van der Waals surface area contributed by atoms with E-state index in [9.17, 15) is 4.39 Å². The molecule has 1 N–H and O–H groups in total. The van der Waals surface area contributed by atoms with Crippen LogP contribution in [-0.4, -0.2) is 31.6 Å². The van der Waals surface area contributed by atoms with E-state index < -0.39 is 0 Å². The largest absolute Gasteiger partial charge is 0.316 e. The van der Waals surface area contributed by atoms with Gasteiger partial charge in [-0.3, -0.25) is 0 Å². The molecule has 120 valence electrons. The Morgan fingerprint density at radius 1 is 1.19 bits per heavy atom. The normalized spacial score (nSPS) is 14.4. The Kier molecular flexibility index (Phi) is 7.91. The first-order chi connectivity index (χ1) is 10.0. The third-order valence-corrected chi connectivity index (χ3v) is 3.88. The fraction of sp³-hybridized carbons (Fsp3) is 0.667. The Hall–Kier alpha value is -0.930. The van der Waals surface area contributed by atoms with Gasteiger partial charge in [0.1, 0.15) is 5.82 Å². The number of hydrogen-bond donors (Lipinski definition) is 1. The minimum atomic E-state index is -0.106. The zero-order chi connectivity index (χ0) is 15.7. The van der Waals surface area contributed by atoms with E-state index in [1.807, 2.05) is 12.1 Å². The fourth-order valence-corrected chi connectivity index (χ4v) is 3.02.